The third-order valence-electron chi connectivity index (χ3n) is 6.61. The van der Waals surface area contributed by atoms with Gasteiger partial charge in [0.25, 0.3) is 0 Å². The van der Waals surface area contributed by atoms with Gasteiger partial charge in [-0.2, -0.15) is 13.2 Å². The summed E-state index contributed by atoms with van der Waals surface area (Å²) in [5.41, 5.74) is -0.664. The molecule has 1 atom stereocenters. The molecule has 1 aromatic heterocycles. The number of fused-ring (bicyclic) bond motifs is 1. The lowest BCUT2D eigenvalue weighted by molar-refractivity contribution is -0.137. The van der Waals surface area contributed by atoms with Crippen molar-refractivity contribution in [3.8, 4) is 0 Å². The molecule has 0 radical (unpaired) electrons. The number of thiocarbonyl (C=S) groups is 1. The molecule has 1 saturated carbocycles. The van der Waals surface area contributed by atoms with E-state index in [4.69, 9.17) is 12.2 Å². The van der Waals surface area contributed by atoms with E-state index >= 15 is 4.39 Å². The van der Waals surface area contributed by atoms with Gasteiger partial charge >= 0.3 is 12.1 Å². The zero-order valence-corrected chi connectivity index (χ0v) is 20.1. The summed E-state index contributed by atoms with van der Waals surface area (Å²) in [5.74, 6) is -1.97. The first-order valence-electron chi connectivity index (χ1n) is 11.6. The summed E-state index contributed by atoms with van der Waals surface area (Å²) in [5, 5.41) is 15.6. The summed E-state index contributed by atoms with van der Waals surface area (Å²) in [6.07, 6.45) is -0.758. The van der Waals surface area contributed by atoms with Crippen LogP contribution in [0.4, 0.5) is 28.9 Å². The molecule has 12 heteroatoms. The quantitative estimate of drug-likeness (QED) is 0.322. The van der Waals surface area contributed by atoms with Crippen LogP contribution in [0.3, 0.4) is 0 Å². The Morgan fingerprint density at radius 3 is 2.43 bits per heavy atom. The first-order valence-corrected chi connectivity index (χ1v) is 12.0. The highest BCUT2D eigenvalue weighted by atomic mass is 32.1. The predicted octanol–water partition coefficient (Wildman–Crippen LogP) is 4.76. The van der Waals surface area contributed by atoms with Crippen LogP contribution in [0, 0.1) is 5.82 Å². The summed E-state index contributed by atoms with van der Waals surface area (Å²) >= 11 is 5.30. The number of hydrogen-bond acceptors (Lipinski definition) is 4. The van der Waals surface area contributed by atoms with E-state index < -0.39 is 29.0 Å². The molecular formula is C25H22F4N4O3S. The summed E-state index contributed by atoms with van der Waals surface area (Å²) in [7, 11) is 0. The van der Waals surface area contributed by atoms with Crippen molar-refractivity contribution in [2.75, 3.05) is 23.3 Å². The van der Waals surface area contributed by atoms with E-state index in [0.717, 1.165) is 31.0 Å². The van der Waals surface area contributed by atoms with Gasteiger partial charge in [-0.25, -0.2) is 9.18 Å². The zero-order valence-electron chi connectivity index (χ0n) is 19.3. The first-order chi connectivity index (χ1) is 17.5. The van der Waals surface area contributed by atoms with Crippen LogP contribution < -0.4 is 21.0 Å². The number of aromatic carboxylic acids is 1. The Kier molecular flexibility index (Phi) is 6.30. The highest BCUT2D eigenvalue weighted by molar-refractivity contribution is 7.80. The Hall–Kier alpha value is -3.67. The van der Waals surface area contributed by atoms with Crippen molar-refractivity contribution >= 4 is 45.6 Å². The van der Waals surface area contributed by atoms with Crippen molar-refractivity contribution in [3.05, 3.63) is 69.8 Å². The van der Waals surface area contributed by atoms with Crippen LogP contribution in [-0.2, 0) is 6.18 Å². The second-order valence-electron chi connectivity index (χ2n) is 9.24. The van der Waals surface area contributed by atoms with Crippen molar-refractivity contribution < 1.29 is 27.5 Å². The molecular weight excluding hydrogens is 512 g/mol. The summed E-state index contributed by atoms with van der Waals surface area (Å²) in [6.45, 7) is 0.905. The normalized spacial score (nSPS) is 17.7. The first kappa shape index (κ1) is 25.0. The highest BCUT2D eigenvalue weighted by Crippen LogP contribution is 2.38. The van der Waals surface area contributed by atoms with E-state index in [9.17, 15) is 27.9 Å². The molecule has 0 bridgehead atoms. The number of aromatic nitrogens is 1. The van der Waals surface area contributed by atoms with Crippen molar-refractivity contribution in [1.29, 1.82) is 0 Å². The minimum Gasteiger partial charge on any atom is -0.477 e. The number of hydrogen-bond donors (Lipinski definition) is 3. The molecule has 2 fully saturated rings. The van der Waals surface area contributed by atoms with E-state index in [1.807, 2.05) is 4.90 Å². The highest BCUT2D eigenvalue weighted by Gasteiger charge is 2.31. The molecule has 5 rings (SSSR count). The number of anilines is 2. The lowest BCUT2D eigenvalue weighted by atomic mass is 10.1. The smallest absolute Gasteiger partial charge is 0.416 e. The third kappa shape index (κ3) is 5.10. The largest absolute Gasteiger partial charge is 0.477 e. The third-order valence-corrected chi connectivity index (χ3v) is 6.83. The fourth-order valence-corrected chi connectivity index (χ4v) is 4.88. The standard InChI is InChI=1S/C25H22F4N4O3S/c26-19-9-17-20(33(16-5-6-16)12-18(22(17)34)23(35)36)10-21(19)32-8-7-15(11-32)31-24(37)30-14-3-1-13(2-4-14)25(27,28)29/h1-4,9-10,12,15-16H,5-8,11H2,(H,35,36)(H2,30,31,37). The average molecular weight is 535 g/mol. The Morgan fingerprint density at radius 1 is 1.11 bits per heavy atom. The van der Waals surface area contributed by atoms with E-state index in [2.05, 4.69) is 10.6 Å². The molecule has 0 amide bonds. The second-order valence-corrected chi connectivity index (χ2v) is 9.65. The van der Waals surface area contributed by atoms with Gasteiger partial charge in [0.05, 0.1) is 16.8 Å². The van der Waals surface area contributed by atoms with Crippen LogP contribution in [0.5, 0.6) is 0 Å². The second kappa shape index (κ2) is 9.33. The van der Waals surface area contributed by atoms with Crippen LogP contribution in [0.15, 0.2) is 47.4 Å². The van der Waals surface area contributed by atoms with Gasteiger partial charge in [-0.15, -0.1) is 0 Å². The number of rotatable bonds is 5. The van der Waals surface area contributed by atoms with E-state index in [1.165, 1.54) is 18.3 Å². The molecule has 1 aliphatic heterocycles. The number of nitrogens with zero attached hydrogens (tertiary/aromatic N) is 2. The number of halogens is 4. The molecule has 1 unspecified atom stereocenters. The molecule has 2 aliphatic rings. The van der Waals surface area contributed by atoms with Crippen molar-refractivity contribution in [1.82, 2.24) is 9.88 Å². The van der Waals surface area contributed by atoms with Gasteiger partial charge in [0.2, 0.25) is 5.43 Å². The van der Waals surface area contributed by atoms with Crippen molar-refractivity contribution in [2.24, 2.45) is 0 Å². The molecule has 2 aromatic carbocycles. The predicted molar refractivity (Wildman–Crippen MR) is 135 cm³/mol. The summed E-state index contributed by atoms with van der Waals surface area (Å²) in [6, 6.07) is 7.13. The molecule has 3 N–H and O–H groups in total. The lowest BCUT2D eigenvalue weighted by Gasteiger charge is -2.22. The van der Waals surface area contributed by atoms with E-state index in [0.29, 0.717) is 36.4 Å². The Balaban J connectivity index is 1.31. The number of nitrogens with one attached hydrogen (secondary N) is 2. The maximum absolute atomic E-state index is 15.2. The van der Waals surface area contributed by atoms with Crippen LogP contribution in [0.25, 0.3) is 10.9 Å². The summed E-state index contributed by atoms with van der Waals surface area (Å²) in [4.78, 5) is 26.0. The van der Waals surface area contributed by atoms with E-state index in [1.54, 1.807) is 10.6 Å². The fraction of sp³-hybridized carbons (Fsp3) is 0.320. The minimum atomic E-state index is -4.42. The van der Waals surface area contributed by atoms with Crippen LogP contribution >= 0.6 is 12.2 Å². The number of carboxylic acid groups (broad SMARTS) is 1. The molecule has 1 aliphatic carbocycles. The van der Waals surface area contributed by atoms with Gasteiger partial charge in [0.15, 0.2) is 5.11 Å². The molecule has 3 aromatic rings. The number of pyridine rings is 1. The Morgan fingerprint density at radius 2 is 1.81 bits per heavy atom. The summed E-state index contributed by atoms with van der Waals surface area (Å²) < 4.78 is 55.1. The van der Waals surface area contributed by atoms with E-state index in [-0.39, 0.29) is 28.1 Å². The maximum atomic E-state index is 15.2. The molecule has 7 nitrogen and oxygen atoms in total. The number of alkyl halides is 3. The maximum Gasteiger partial charge on any atom is 0.416 e. The molecule has 37 heavy (non-hydrogen) atoms. The minimum absolute atomic E-state index is 0.0313. The van der Waals surface area contributed by atoms with Crippen LogP contribution in [-0.4, -0.2) is 39.9 Å². The molecule has 194 valence electrons. The van der Waals surface area contributed by atoms with Gasteiger partial charge in [-0.1, -0.05) is 0 Å². The van der Waals surface area contributed by atoms with Gasteiger partial charge in [-0.05, 0) is 67.9 Å². The number of carbonyl (C=O) groups is 1. The van der Waals surface area contributed by atoms with Gasteiger partial charge < -0.3 is 25.2 Å². The van der Waals surface area contributed by atoms with Crippen molar-refractivity contribution in [3.63, 3.8) is 0 Å². The SMILES string of the molecule is O=C(O)c1cn(C2CC2)c2cc(N3CCC(NC(=S)Nc4ccc(C(F)(F)F)cc4)C3)c(F)cc2c1=O. The number of benzene rings is 2. The monoisotopic (exact) mass is 534 g/mol. The van der Waals surface area contributed by atoms with Gasteiger partial charge in [0.1, 0.15) is 11.4 Å². The van der Waals surface area contributed by atoms with Crippen LogP contribution in [0.1, 0.15) is 41.2 Å². The molecule has 1 saturated heterocycles. The van der Waals surface area contributed by atoms with Gasteiger partial charge in [-0.3, -0.25) is 4.79 Å². The topological polar surface area (TPSA) is 86.6 Å². The Bertz CT molecular complexity index is 1450. The fourth-order valence-electron chi connectivity index (χ4n) is 4.60. The van der Waals surface area contributed by atoms with Crippen LogP contribution in [0.2, 0.25) is 0 Å². The van der Waals surface area contributed by atoms with Gasteiger partial charge in [0, 0.05) is 42.4 Å². The average Bonchev–Trinajstić information content (AvgIpc) is 3.57. The number of carboxylic acids is 1. The van der Waals surface area contributed by atoms with Crippen molar-refractivity contribution in [2.45, 2.75) is 37.5 Å². The zero-order chi connectivity index (χ0) is 26.5. The molecule has 2 heterocycles. The lowest BCUT2D eigenvalue weighted by Crippen LogP contribution is -2.39. The molecule has 0 spiro atoms. The Labute approximate surface area is 213 Å².